The standard InChI is InChI=1S/C24H20N2O4/c1-15(27)25-19-8-5-9-20(14-19)26-23(28)17-10-11-21-18(12-17)13-22(30-24(21)29)16-6-3-2-4-7-16/h2-12,14,22H,13H2,1H3,(H,25,27)(H,26,28)/t22-/m1/s1. The Bertz CT molecular complexity index is 1130. The molecule has 3 aromatic carbocycles. The first kappa shape index (κ1) is 19.4. The number of ether oxygens (including phenoxy) is 1. The summed E-state index contributed by atoms with van der Waals surface area (Å²) in [6.07, 6.45) is 0.128. The Kier molecular flexibility index (Phi) is 5.30. The molecule has 150 valence electrons. The number of nitrogens with one attached hydrogen (secondary N) is 2. The fraction of sp³-hybridized carbons (Fsp3) is 0.125. The van der Waals surface area contributed by atoms with Crippen molar-refractivity contribution >= 4 is 29.2 Å². The molecule has 0 unspecified atom stereocenters. The van der Waals surface area contributed by atoms with E-state index in [4.69, 9.17) is 4.74 Å². The van der Waals surface area contributed by atoms with Gasteiger partial charge in [0.25, 0.3) is 5.91 Å². The molecule has 4 rings (SSSR count). The second kappa shape index (κ2) is 8.21. The maximum atomic E-state index is 12.8. The number of carbonyl (C=O) groups excluding carboxylic acids is 3. The van der Waals surface area contributed by atoms with Crippen molar-refractivity contribution in [3.05, 3.63) is 95.1 Å². The van der Waals surface area contributed by atoms with E-state index in [-0.39, 0.29) is 23.9 Å². The predicted molar refractivity (Wildman–Crippen MR) is 113 cm³/mol. The van der Waals surface area contributed by atoms with Crippen LogP contribution in [0.1, 0.15) is 44.9 Å². The van der Waals surface area contributed by atoms with Crippen LogP contribution in [0.5, 0.6) is 0 Å². The average molecular weight is 400 g/mol. The zero-order valence-corrected chi connectivity index (χ0v) is 16.3. The summed E-state index contributed by atoms with van der Waals surface area (Å²) in [5, 5.41) is 5.51. The van der Waals surface area contributed by atoms with Gasteiger partial charge in [0.2, 0.25) is 5.91 Å². The van der Waals surface area contributed by atoms with E-state index in [2.05, 4.69) is 10.6 Å². The number of benzene rings is 3. The van der Waals surface area contributed by atoms with Crippen LogP contribution < -0.4 is 10.6 Å². The Morgan fingerprint density at radius 3 is 2.37 bits per heavy atom. The van der Waals surface area contributed by atoms with Gasteiger partial charge in [0.1, 0.15) is 6.10 Å². The average Bonchev–Trinajstić information content (AvgIpc) is 2.73. The smallest absolute Gasteiger partial charge is 0.339 e. The van der Waals surface area contributed by atoms with E-state index in [9.17, 15) is 14.4 Å². The SMILES string of the molecule is CC(=O)Nc1cccc(NC(=O)c2ccc3c(c2)C[C@H](c2ccccc2)OC3=O)c1. The fourth-order valence-corrected chi connectivity index (χ4v) is 3.47. The van der Waals surface area contributed by atoms with Gasteiger partial charge < -0.3 is 15.4 Å². The normalized spacial score (nSPS) is 15.0. The van der Waals surface area contributed by atoms with E-state index in [0.717, 1.165) is 11.1 Å². The third-order valence-electron chi connectivity index (χ3n) is 4.85. The minimum Gasteiger partial charge on any atom is -0.454 e. The van der Waals surface area contributed by atoms with Gasteiger partial charge in [-0.25, -0.2) is 4.79 Å². The second-order valence-corrected chi connectivity index (χ2v) is 7.10. The van der Waals surface area contributed by atoms with Gasteiger partial charge >= 0.3 is 5.97 Å². The zero-order valence-electron chi connectivity index (χ0n) is 16.3. The molecular weight excluding hydrogens is 380 g/mol. The minimum absolute atomic E-state index is 0.187. The molecule has 1 atom stereocenters. The van der Waals surface area contributed by atoms with Gasteiger partial charge in [-0.1, -0.05) is 36.4 Å². The lowest BCUT2D eigenvalue weighted by Gasteiger charge is -2.25. The lowest BCUT2D eigenvalue weighted by Crippen LogP contribution is -2.23. The van der Waals surface area contributed by atoms with Crippen LogP contribution in [0.4, 0.5) is 11.4 Å². The molecule has 2 amide bonds. The summed E-state index contributed by atoms with van der Waals surface area (Å²) in [4.78, 5) is 36.4. The van der Waals surface area contributed by atoms with E-state index in [1.165, 1.54) is 6.92 Å². The number of fused-ring (bicyclic) bond motifs is 1. The van der Waals surface area contributed by atoms with Crippen LogP contribution in [0.2, 0.25) is 0 Å². The highest BCUT2D eigenvalue weighted by molar-refractivity contribution is 6.05. The molecular formula is C24H20N2O4. The minimum atomic E-state index is -0.389. The van der Waals surface area contributed by atoms with Gasteiger partial charge in [-0.05, 0) is 47.5 Å². The van der Waals surface area contributed by atoms with Crippen LogP contribution in [0.25, 0.3) is 0 Å². The van der Waals surface area contributed by atoms with Gasteiger partial charge in [0, 0.05) is 30.3 Å². The van der Waals surface area contributed by atoms with Gasteiger partial charge in [-0.15, -0.1) is 0 Å². The first-order valence-electron chi connectivity index (χ1n) is 9.57. The second-order valence-electron chi connectivity index (χ2n) is 7.10. The van der Waals surface area contributed by atoms with Crippen molar-refractivity contribution < 1.29 is 19.1 Å². The number of amides is 2. The van der Waals surface area contributed by atoms with E-state index < -0.39 is 0 Å². The van der Waals surface area contributed by atoms with Crippen molar-refractivity contribution in [2.45, 2.75) is 19.4 Å². The molecule has 6 nitrogen and oxygen atoms in total. The molecule has 0 saturated heterocycles. The maximum Gasteiger partial charge on any atom is 0.339 e. The van der Waals surface area contributed by atoms with Gasteiger partial charge in [-0.2, -0.15) is 0 Å². The highest BCUT2D eigenvalue weighted by atomic mass is 16.5. The van der Waals surface area contributed by atoms with Crippen molar-refractivity contribution in [1.82, 2.24) is 0 Å². The predicted octanol–water partition coefficient (Wildman–Crippen LogP) is 4.35. The largest absolute Gasteiger partial charge is 0.454 e. The molecule has 0 radical (unpaired) electrons. The monoisotopic (exact) mass is 400 g/mol. The number of hydrogen-bond donors (Lipinski definition) is 2. The highest BCUT2D eigenvalue weighted by Crippen LogP contribution is 2.31. The van der Waals surface area contributed by atoms with Gasteiger partial charge in [0.15, 0.2) is 0 Å². The highest BCUT2D eigenvalue weighted by Gasteiger charge is 2.28. The van der Waals surface area contributed by atoms with Crippen molar-refractivity contribution in [2.75, 3.05) is 10.6 Å². The van der Waals surface area contributed by atoms with Crippen molar-refractivity contribution in [1.29, 1.82) is 0 Å². The molecule has 0 saturated carbocycles. The molecule has 0 spiro atoms. The number of esters is 1. The Hall–Kier alpha value is -3.93. The van der Waals surface area contributed by atoms with E-state index in [0.29, 0.717) is 28.9 Å². The van der Waals surface area contributed by atoms with Crippen LogP contribution in [-0.2, 0) is 16.0 Å². The zero-order chi connectivity index (χ0) is 21.1. The van der Waals surface area contributed by atoms with E-state index in [1.54, 1.807) is 42.5 Å². The Labute approximate surface area is 173 Å². The third-order valence-corrected chi connectivity index (χ3v) is 4.85. The van der Waals surface area contributed by atoms with E-state index >= 15 is 0 Å². The number of carbonyl (C=O) groups is 3. The molecule has 0 aliphatic carbocycles. The molecule has 0 bridgehead atoms. The lowest BCUT2D eigenvalue weighted by atomic mass is 9.93. The van der Waals surface area contributed by atoms with Gasteiger partial charge in [0.05, 0.1) is 5.56 Å². The van der Waals surface area contributed by atoms with Crippen LogP contribution in [0.15, 0.2) is 72.8 Å². The van der Waals surface area contributed by atoms with Crippen molar-refractivity contribution in [3.8, 4) is 0 Å². The van der Waals surface area contributed by atoms with Crippen LogP contribution >= 0.6 is 0 Å². The summed E-state index contributed by atoms with van der Waals surface area (Å²) < 4.78 is 5.57. The molecule has 6 heteroatoms. The molecule has 0 aromatic heterocycles. The summed E-state index contributed by atoms with van der Waals surface area (Å²) >= 11 is 0. The first-order chi connectivity index (χ1) is 14.5. The topological polar surface area (TPSA) is 84.5 Å². The van der Waals surface area contributed by atoms with Crippen molar-refractivity contribution in [2.24, 2.45) is 0 Å². The van der Waals surface area contributed by atoms with Crippen LogP contribution in [0.3, 0.4) is 0 Å². The summed E-state index contributed by atoms with van der Waals surface area (Å²) in [5.74, 6) is -0.874. The van der Waals surface area contributed by atoms with Gasteiger partial charge in [-0.3, -0.25) is 9.59 Å². The molecule has 3 aromatic rings. The molecule has 0 fully saturated rings. The number of rotatable bonds is 4. The Morgan fingerprint density at radius 1 is 0.900 bits per heavy atom. The number of anilines is 2. The molecule has 30 heavy (non-hydrogen) atoms. The van der Waals surface area contributed by atoms with E-state index in [1.807, 2.05) is 30.3 Å². The molecule has 1 aliphatic rings. The van der Waals surface area contributed by atoms with Crippen LogP contribution in [-0.4, -0.2) is 17.8 Å². The summed E-state index contributed by atoms with van der Waals surface area (Å²) in [6, 6.07) is 21.4. The fourth-order valence-electron chi connectivity index (χ4n) is 3.47. The molecule has 2 N–H and O–H groups in total. The van der Waals surface area contributed by atoms with Crippen molar-refractivity contribution in [3.63, 3.8) is 0 Å². The number of hydrogen-bond acceptors (Lipinski definition) is 4. The van der Waals surface area contributed by atoms with Crippen LogP contribution in [0, 0.1) is 0 Å². The maximum absolute atomic E-state index is 12.8. The third kappa shape index (κ3) is 4.22. The number of cyclic esters (lactones) is 1. The quantitative estimate of drug-likeness (QED) is 0.638. The summed E-state index contributed by atoms with van der Waals surface area (Å²) in [5.41, 5.74) is 3.78. The molecule has 1 aliphatic heterocycles. The Balaban J connectivity index is 1.54. The Morgan fingerprint density at radius 2 is 1.63 bits per heavy atom. The summed E-state index contributed by atoms with van der Waals surface area (Å²) in [7, 11) is 0. The lowest BCUT2D eigenvalue weighted by molar-refractivity contribution is -0.114. The summed E-state index contributed by atoms with van der Waals surface area (Å²) in [6.45, 7) is 1.42. The molecule has 1 heterocycles. The first-order valence-corrected chi connectivity index (χ1v) is 9.57.